The molecule has 23 heavy (non-hydrogen) atoms. The second-order valence-electron chi connectivity index (χ2n) is 5.94. The molecule has 0 N–H and O–H groups in total. The van der Waals surface area contributed by atoms with E-state index in [1.807, 2.05) is 26.0 Å². The average Bonchev–Trinajstić information content (AvgIpc) is 2.83. The van der Waals surface area contributed by atoms with Crippen molar-refractivity contribution in [2.75, 3.05) is 14.1 Å². The molecule has 6 nitrogen and oxygen atoms in total. The number of imide groups is 1. The first-order chi connectivity index (χ1) is 10.8. The highest BCUT2D eigenvalue weighted by molar-refractivity contribution is 6.65. The van der Waals surface area contributed by atoms with Gasteiger partial charge in [0.25, 0.3) is 17.8 Å². The van der Waals surface area contributed by atoms with Gasteiger partial charge in [-0.05, 0) is 30.0 Å². The standard InChI is InChI=1S/C16H18ClN4O2/c1-9-5-6-11(10(2)7-9)8-21-12-13(18-15(21)17)19(3)16(23)20(4)14(12)22/h5-7,12H,8H2,1-4H3/q+1. The number of rotatable bonds is 2. The lowest BCUT2D eigenvalue weighted by Crippen LogP contribution is -2.61. The molecule has 1 fully saturated rings. The van der Waals surface area contributed by atoms with E-state index in [9.17, 15) is 9.59 Å². The number of hydrogen-bond acceptors (Lipinski definition) is 3. The molecule has 3 amide bonds. The lowest BCUT2D eigenvalue weighted by Gasteiger charge is -2.30. The van der Waals surface area contributed by atoms with E-state index in [2.05, 4.69) is 11.1 Å². The number of aryl methyl sites for hydroxylation is 2. The first-order valence-corrected chi connectivity index (χ1v) is 7.68. The number of halogens is 1. The molecule has 0 radical (unpaired) electrons. The normalized spacial score (nSPS) is 21.1. The molecule has 1 saturated heterocycles. The molecule has 2 aliphatic heterocycles. The van der Waals surface area contributed by atoms with E-state index < -0.39 is 12.1 Å². The fraction of sp³-hybridized carbons (Fsp3) is 0.375. The van der Waals surface area contributed by atoms with Gasteiger partial charge >= 0.3 is 11.3 Å². The maximum Gasteiger partial charge on any atom is 0.394 e. The zero-order valence-corrected chi connectivity index (χ0v) is 14.3. The first kappa shape index (κ1) is 15.7. The van der Waals surface area contributed by atoms with Gasteiger partial charge in [0.1, 0.15) is 6.54 Å². The van der Waals surface area contributed by atoms with Crippen molar-refractivity contribution < 1.29 is 14.2 Å². The predicted octanol–water partition coefficient (Wildman–Crippen LogP) is 1.72. The molecule has 2 aliphatic rings. The topological polar surface area (TPSA) is 56.0 Å². The Labute approximate surface area is 139 Å². The Morgan fingerprint density at radius 2 is 1.91 bits per heavy atom. The van der Waals surface area contributed by atoms with E-state index in [0.717, 1.165) is 16.0 Å². The van der Waals surface area contributed by atoms with Crippen LogP contribution in [0.4, 0.5) is 4.79 Å². The van der Waals surface area contributed by atoms with Crippen LogP contribution in [0.25, 0.3) is 0 Å². The minimum atomic E-state index is -0.657. The number of carbonyl (C=O) groups is 2. The van der Waals surface area contributed by atoms with Crippen LogP contribution in [0.1, 0.15) is 16.7 Å². The molecule has 0 spiro atoms. The van der Waals surface area contributed by atoms with Gasteiger partial charge in [0.05, 0.1) is 0 Å². The Kier molecular flexibility index (Phi) is 3.72. The van der Waals surface area contributed by atoms with Gasteiger partial charge in [-0.3, -0.25) is 14.6 Å². The molecule has 1 aromatic rings. The van der Waals surface area contributed by atoms with Crippen LogP contribution in [-0.4, -0.2) is 57.6 Å². The summed E-state index contributed by atoms with van der Waals surface area (Å²) in [6.07, 6.45) is 0. The Morgan fingerprint density at radius 1 is 1.22 bits per heavy atom. The number of carbonyl (C=O) groups excluding carboxylic acids is 2. The zero-order chi connectivity index (χ0) is 16.9. The third-order valence-electron chi connectivity index (χ3n) is 4.32. The van der Waals surface area contributed by atoms with Gasteiger partial charge in [-0.25, -0.2) is 9.37 Å². The molecule has 0 aromatic heterocycles. The summed E-state index contributed by atoms with van der Waals surface area (Å²) in [7, 11) is 3.07. The summed E-state index contributed by atoms with van der Waals surface area (Å²) in [4.78, 5) is 31.3. The van der Waals surface area contributed by atoms with Gasteiger partial charge < -0.3 is 0 Å². The van der Waals surface area contributed by atoms with Crippen LogP contribution in [0, 0.1) is 13.8 Å². The summed E-state index contributed by atoms with van der Waals surface area (Å²) in [6, 6.07) is 5.08. The van der Waals surface area contributed by atoms with E-state index in [4.69, 9.17) is 11.6 Å². The lowest BCUT2D eigenvalue weighted by atomic mass is 10.0. The van der Waals surface area contributed by atoms with E-state index in [1.165, 1.54) is 17.5 Å². The van der Waals surface area contributed by atoms with Crippen molar-refractivity contribution in [2.45, 2.75) is 26.4 Å². The van der Waals surface area contributed by atoms with Gasteiger partial charge in [0, 0.05) is 25.7 Å². The van der Waals surface area contributed by atoms with Crippen molar-refractivity contribution >= 4 is 34.7 Å². The van der Waals surface area contributed by atoms with E-state index in [0.29, 0.717) is 12.4 Å². The molecule has 1 aromatic carbocycles. The Bertz CT molecular complexity index is 784. The quantitative estimate of drug-likeness (QED) is 0.611. The fourth-order valence-electron chi connectivity index (χ4n) is 2.93. The van der Waals surface area contributed by atoms with Crippen molar-refractivity contribution in [3.8, 4) is 0 Å². The summed E-state index contributed by atoms with van der Waals surface area (Å²) in [5.74, 6) is 0.0696. The van der Waals surface area contributed by atoms with Crippen molar-refractivity contribution in [2.24, 2.45) is 4.99 Å². The highest BCUT2D eigenvalue weighted by Gasteiger charge is 2.52. The number of amides is 3. The van der Waals surface area contributed by atoms with Crippen LogP contribution < -0.4 is 0 Å². The van der Waals surface area contributed by atoms with Gasteiger partial charge in [-0.2, -0.15) is 0 Å². The smallest absolute Gasteiger partial charge is 0.269 e. The van der Waals surface area contributed by atoms with Crippen LogP contribution in [0.3, 0.4) is 0 Å². The third-order valence-corrected chi connectivity index (χ3v) is 4.62. The van der Waals surface area contributed by atoms with Crippen LogP contribution >= 0.6 is 11.6 Å². The highest BCUT2D eigenvalue weighted by atomic mass is 35.5. The highest BCUT2D eigenvalue weighted by Crippen LogP contribution is 2.22. The van der Waals surface area contributed by atoms with Gasteiger partial charge in [-0.1, -0.05) is 23.8 Å². The Balaban J connectivity index is 1.97. The van der Waals surface area contributed by atoms with Crippen LogP contribution in [0.15, 0.2) is 23.2 Å². The Hall–Kier alpha value is -2.21. The number of fused-ring (bicyclic) bond motifs is 1. The summed E-state index contributed by atoms with van der Waals surface area (Å²) < 4.78 is 1.73. The van der Waals surface area contributed by atoms with Gasteiger partial charge in [0.15, 0.2) is 0 Å². The minimum Gasteiger partial charge on any atom is -0.269 e. The summed E-state index contributed by atoms with van der Waals surface area (Å²) in [5, 5.41) is 0.230. The number of hydrogen-bond donors (Lipinski definition) is 0. The fourth-order valence-corrected chi connectivity index (χ4v) is 3.18. The third kappa shape index (κ3) is 2.43. The molecule has 1 atom stereocenters. The van der Waals surface area contributed by atoms with Gasteiger partial charge in [-0.15, -0.1) is 0 Å². The molecule has 3 rings (SSSR count). The van der Waals surface area contributed by atoms with Crippen LogP contribution in [-0.2, 0) is 11.3 Å². The number of benzene rings is 1. The Morgan fingerprint density at radius 3 is 2.57 bits per heavy atom. The molecular weight excluding hydrogens is 316 g/mol. The second-order valence-corrected chi connectivity index (χ2v) is 6.28. The molecule has 7 heteroatoms. The second kappa shape index (κ2) is 5.45. The van der Waals surface area contributed by atoms with Crippen molar-refractivity contribution in [1.29, 1.82) is 0 Å². The van der Waals surface area contributed by atoms with E-state index >= 15 is 0 Å². The first-order valence-electron chi connectivity index (χ1n) is 7.30. The summed E-state index contributed by atoms with van der Waals surface area (Å²) >= 11 is 6.26. The summed E-state index contributed by atoms with van der Waals surface area (Å²) in [5.41, 5.74) is 3.38. The van der Waals surface area contributed by atoms with Crippen molar-refractivity contribution in [3.05, 3.63) is 34.9 Å². The number of aliphatic imine (C=N–C) groups is 1. The maximum absolute atomic E-state index is 12.5. The van der Waals surface area contributed by atoms with Crippen molar-refractivity contribution in [3.63, 3.8) is 0 Å². The number of amidine groups is 2. The lowest BCUT2D eigenvalue weighted by molar-refractivity contribution is -0.549. The largest absolute Gasteiger partial charge is 0.394 e. The SMILES string of the molecule is Cc1ccc(C[N+]2=C(Cl)N=C3C2C(=O)N(C)C(=O)N3C)c(C)c1. The molecule has 120 valence electrons. The molecule has 2 heterocycles. The molecule has 1 unspecified atom stereocenters. The molecule has 0 saturated carbocycles. The van der Waals surface area contributed by atoms with E-state index in [-0.39, 0.29) is 11.2 Å². The maximum atomic E-state index is 12.5. The predicted molar refractivity (Wildman–Crippen MR) is 87.9 cm³/mol. The minimum absolute atomic E-state index is 0.230. The average molecular weight is 334 g/mol. The van der Waals surface area contributed by atoms with Crippen LogP contribution in [0.2, 0.25) is 0 Å². The molecule has 0 bridgehead atoms. The van der Waals surface area contributed by atoms with Crippen molar-refractivity contribution in [1.82, 2.24) is 9.80 Å². The number of likely N-dealkylation sites (N-methyl/N-ethyl adjacent to an activating group) is 2. The molecular formula is C16H18ClN4O2+. The van der Waals surface area contributed by atoms with Gasteiger partial charge in [0.2, 0.25) is 0 Å². The summed E-state index contributed by atoms with van der Waals surface area (Å²) in [6.45, 7) is 4.52. The van der Waals surface area contributed by atoms with Crippen LogP contribution in [0.5, 0.6) is 0 Å². The monoisotopic (exact) mass is 333 g/mol. The number of urea groups is 1. The zero-order valence-electron chi connectivity index (χ0n) is 13.5. The molecule has 0 aliphatic carbocycles. The van der Waals surface area contributed by atoms with E-state index in [1.54, 1.807) is 11.6 Å². The number of nitrogens with zero attached hydrogens (tertiary/aromatic N) is 4.